The highest BCUT2D eigenvalue weighted by atomic mass is 16.5. The van der Waals surface area contributed by atoms with Crippen molar-refractivity contribution < 1.29 is 4.74 Å². The van der Waals surface area contributed by atoms with Crippen LogP contribution in [0.5, 0.6) is 5.75 Å². The van der Waals surface area contributed by atoms with Crippen LogP contribution in [-0.2, 0) is 0 Å². The van der Waals surface area contributed by atoms with Gasteiger partial charge in [-0.15, -0.1) is 0 Å². The maximum Gasteiger partial charge on any atom is 0.124 e. The van der Waals surface area contributed by atoms with Gasteiger partial charge >= 0.3 is 0 Å². The molecule has 25 heavy (non-hydrogen) atoms. The first-order chi connectivity index (χ1) is 12.1. The van der Waals surface area contributed by atoms with Gasteiger partial charge in [-0.3, -0.25) is 0 Å². The zero-order valence-electron chi connectivity index (χ0n) is 15.8. The summed E-state index contributed by atoms with van der Waals surface area (Å²) in [6.07, 6.45) is 4.88. The lowest BCUT2D eigenvalue weighted by Gasteiger charge is -2.48. The van der Waals surface area contributed by atoms with E-state index >= 15 is 0 Å². The van der Waals surface area contributed by atoms with Crippen molar-refractivity contribution in [1.82, 2.24) is 15.1 Å². The number of benzene rings is 1. The van der Waals surface area contributed by atoms with Crippen LogP contribution in [0.25, 0.3) is 0 Å². The summed E-state index contributed by atoms with van der Waals surface area (Å²) in [6, 6.07) is 9.08. The number of hydrogen-bond donors (Lipinski definition) is 1. The summed E-state index contributed by atoms with van der Waals surface area (Å²) in [7, 11) is 2.22. The Bertz CT molecular complexity index is 578. The molecule has 2 fully saturated rings. The molecule has 3 aliphatic rings. The van der Waals surface area contributed by atoms with Crippen LogP contribution in [0, 0.1) is 5.92 Å². The largest absolute Gasteiger partial charge is 0.487 e. The van der Waals surface area contributed by atoms with Crippen molar-refractivity contribution in [1.29, 1.82) is 0 Å². The molecule has 2 atom stereocenters. The first kappa shape index (κ1) is 17.3. The molecule has 4 rings (SSSR count). The van der Waals surface area contributed by atoms with Crippen molar-refractivity contribution in [3.05, 3.63) is 29.8 Å². The van der Waals surface area contributed by atoms with E-state index in [4.69, 9.17) is 4.74 Å². The first-order valence-electron chi connectivity index (χ1n) is 10.1. The zero-order valence-corrected chi connectivity index (χ0v) is 15.8. The summed E-state index contributed by atoms with van der Waals surface area (Å²) in [4.78, 5) is 5.05. The molecule has 138 valence electrons. The fourth-order valence-corrected chi connectivity index (χ4v) is 4.56. The number of likely N-dealkylation sites (N-methyl/N-ethyl adjacent to an activating group) is 1. The number of rotatable bonds is 5. The number of ether oxygens (including phenoxy) is 1. The molecular weight excluding hydrogens is 310 g/mol. The van der Waals surface area contributed by atoms with E-state index in [0.717, 1.165) is 18.7 Å². The number of para-hydroxylation sites is 1. The molecule has 0 aromatic heterocycles. The maximum atomic E-state index is 6.37. The number of piperazine rings is 1. The molecule has 0 radical (unpaired) electrons. The van der Waals surface area contributed by atoms with E-state index in [1.165, 1.54) is 57.5 Å². The molecule has 2 aliphatic heterocycles. The molecule has 1 aliphatic carbocycles. The summed E-state index contributed by atoms with van der Waals surface area (Å²) in [5.74, 6) is 1.79. The molecule has 1 aromatic carbocycles. The van der Waals surface area contributed by atoms with Gasteiger partial charge in [0, 0.05) is 50.7 Å². The highest BCUT2D eigenvalue weighted by Gasteiger charge is 2.45. The zero-order chi connectivity index (χ0) is 17.3. The number of fused-ring (bicyclic) bond motifs is 1. The third-order valence-electron chi connectivity index (χ3n) is 6.34. The minimum atomic E-state index is 0.118. The first-order valence-corrected chi connectivity index (χ1v) is 10.1. The fraction of sp³-hybridized carbons (Fsp3) is 0.714. The Labute approximate surface area is 152 Å². The molecule has 4 heteroatoms. The average molecular weight is 344 g/mol. The Kier molecular flexibility index (Phi) is 5.03. The Hall–Kier alpha value is -1.10. The quantitative estimate of drug-likeness (QED) is 0.890. The Morgan fingerprint density at radius 1 is 1.20 bits per heavy atom. The van der Waals surface area contributed by atoms with Crippen molar-refractivity contribution in [2.45, 2.75) is 44.2 Å². The van der Waals surface area contributed by atoms with E-state index in [-0.39, 0.29) is 5.60 Å². The van der Waals surface area contributed by atoms with Crippen LogP contribution in [0.15, 0.2) is 24.3 Å². The normalized spacial score (nSPS) is 27.4. The van der Waals surface area contributed by atoms with Gasteiger partial charge in [-0.2, -0.15) is 0 Å². The lowest BCUT2D eigenvalue weighted by atomic mass is 9.73. The van der Waals surface area contributed by atoms with Crippen LogP contribution in [0.2, 0.25) is 0 Å². The van der Waals surface area contributed by atoms with Crippen LogP contribution in [0.4, 0.5) is 0 Å². The average Bonchev–Trinajstić information content (AvgIpc) is 2.60. The van der Waals surface area contributed by atoms with Gasteiger partial charge in [0.05, 0.1) is 0 Å². The van der Waals surface area contributed by atoms with Crippen molar-refractivity contribution in [2.24, 2.45) is 5.92 Å². The van der Waals surface area contributed by atoms with Crippen LogP contribution >= 0.6 is 0 Å². The second-order valence-electron chi connectivity index (χ2n) is 8.55. The summed E-state index contributed by atoms with van der Waals surface area (Å²) in [5.41, 5.74) is 1.47. The van der Waals surface area contributed by atoms with E-state index in [2.05, 4.69) is 53.4 Å². The molecule has 0 bridgehead atoms. The molecule has 0 unspecified atom stereocenters. The van der Waals surface area contributed by atoms with Gasteiger partial charge in [0.25, 0.3) is 0 Å². The van der Waals surface area contributed by atoms with Gasteiger partial charge in [0.2, 0.25) is 0 Å². The molecule has 2 heterocycles. The molecule has 4 nitrogen and oxygen atoms in total. The van der Waals surface area contributed by atoms with Gasteiger partial charge in [0.1, 0.15) is 11.4 Å². The Morgan fingerprint density at radius 3 is 2.68 bits per heavy atom. The Morgan fingerprint density at radius 2 is 1.96 bits per heavy atom. The van der Waals surface area contributed by atoms with Crippen molar-refractivity contribution in [3.8, 4) is 5.75 Å². The molecule has 1 N–H and O–H groups in total. The monoisotopic (exact) mass is 343 g/mol. The predicted molar refractivity (Wildman–Crippen MR) is 102 cm³/mol. The second-order valence-corrected chi connectivity index (χ2v) is 8.55. The van der Waals surface area contributed by atoms with Gasteiger partial charge in [-0.25, -0.2) is 0 Å². The van der Waals surface area contributed by atoms with Gasteiger partial charge in [-0.05, 0) is 44.8 Å². The van der Waals surface area contributed by atoms with Gasteiger partial charge in [-0.1, -0.05) is 25.1 Å². The molecule has 1 spiro atoms. The van der Waals surface area contributed by atoms with Crippen molar-refractivity contribution >= 4 is 0 Å². The van der Waals surface area contributed by atoms with Gasteiger partial charge < -0.3 is 19.9 Å². The lowest BCUT2D eigenvalue weighted by Crippen LogP contribution is -2.50. The molecule has 1 saturated carbocycles. The fourth-order valence-electron chi connectivity index (χ4n) is 4.56. The predicted octanol–water partition coefficient (Wildman–Crippen LogP) is 2.91. The minimum Gasteiger partial charge on any atom is -0.487 e. The summed E-state index contributed by atoms with van der Waals surface area (Å²) >= 11 is 0. The second kappa shape index (κ2) is 7.26. The highest BCUT2D eigenvalue weighted by molar-refractivity contribution is 5.39. The van der Waals surface area contributed by atoms with E-state index < -0.39 is 0 Å². The van der Waals surface area contributed by atoms with Crippen LogP contribution in [0.3, 0.4) is 0 Å². The van der Waals surface area contributed by atoms with E-state index in [1.54, 1.807) is 0 Å². The third kappa shape index (κ3) is 3.86. The summed E-state index contributed by atoms with van der Waals surface area (Å²) < 4.78 is 6.37. The van der Waals surface area contributed by atoms with E-state index in [9.17, 15) is 0 Å². The number of nitrogens with one attached hydrogen (secondary N) is 1. The summed E-state index contributed by atoms with van der Waals surface area (Å²) in [5, 5.41) is 3.88. The molecule has 1 saturated heterocycles. The number of nitrogens with zero attached hydrogens (tertiary/aromatic N) is 2. The maximum absolute atomic E-state index is 6.37. The Balaban J connectivity index is 1.34. The minimum absolute atomic E-state index is 0.118. The SMILES string of the molecule is C[C@H](CN[C@H]1CC2(CCC2)Oc2ccccc21)CN1CCN(C)CC1. The van der Waals surface area contributed by atoms with Crippen molar-refractivity contribution in [3.63, 3.8) is 0 Å². The third-order valence-corrected chi connectivity index (χ3v) is 6.34. The summed E-state index contributed by atoms with van der Waals surface area (Å²) in [6.45, 7) is 9.51. The number of hydrogen-bond acceptors (Lipinski definition) is 4. The molecule has 0 amide bonds. The standard InChI is InChI=1S/C21H33N3O/c1-17(16-24-12-10-23(2)11-13-24)15-22-19-14-21(8-5-9-21)25-20-7-4-3-6-18(19)20/h3-4,6-7,17,19,22H,5,8-16H2,1-2H3/t17-,19+/m1/s1. The van der Waals surface area contributed by atoms with Crippen LogP contribution in [-0.4, -0.2) is 61.7 Å². The molecular formula is C21H33N3O. The topological polar surface area (TPSA) is 27.7 Å². The van der Waals surface area contributed by atoms with Crippen LogP contribution < -0.4 is 10.1 Å². The highest BCUT2D eigenvalue weighted by Crippen LogP contribution is 2.48. The van der Waals surface area contributed by atoms with Crippen molar-refractivity contribution in [2.75, 3.05) is 46.3 Å². The van der Waals surface area contributed by atoms with E-state index in [1.807, 2.05) is 0 Å². The molecule has 1 aromatic rings. The van der Waals surface area contributed by atoms with Gasteiger partial charge in [0.15, 0.2) is 0 Å². The smallest absolute Gasteiger partial charge is 0.124 e. The van der Waals surface area contributed by atoms with Crippen LogP contribution in [0.1, 0.15) is 44.2 Å². The lowest BCUT2D eigenvalue weighted by molar-refractivity contribution is -0.0372. The van der Waals surface area contributed by atoms with E-state index in [0.29, 0.717) is 12.0 Å².